The fourth-order valence-electron chi connectivity index (χ4n) is 3.23. The lowest BCUT2D eigenvalue weighted by molar-refractivity contribution is -0.277. The van der Waals surface area contributed by atoms with E-state index in [-0.39, 0.29) is 11.1 Å². The summed E-state index contributed by atoms with van der Waals surface area (Å²) in [6.45, 7) is 0. The van der Waals surface area contributed by atoms with Gasteiger partial charge in [-0.25, -0.2) is 4.79 Å². The van der Waals surface area contributed by atoms with Crippen LogP contribution >= 0.6 is 0 Å². The van der Waals surface area contributed by atoms with E-state index in [2.05, 4.69) is 0 Å². The van der Waals surface area contributed by atoms with E-state index < -0.39 is 35.2 Å². The van der Waals surface area contributed by atoms with E-state index in [1.54, 1.807) is 36.4 Å². The van der Waals surface area contributed by atoms with Crippen molar-refractivity contribution in [3.63, 3.8) is 0 Å². The van der Waals surface area contributed by atoms with Crippen LogP contribution < -0.4 is 0 Å². The summed E-state index contributed by atoms with van der Waals surface area (Å²) >= 11 is 0. The number of rotatable bonds is 7. The van der Waals surface area contributed by atoms with Crippen molar-refractivity contribution in [2.24, 2.45) is 0 Å². The van der Waals surface area contributed by atoms with Crippen LogP contribution in [-0.4, -0.2) is 25.0 Å². The Hall–Kier alpha value is -3.45. The van der Waals surface area contributed by atoms with Gasteiger partial charge < -0.3 is 9.47 Å². The quantitative estimate of drug-likeness (QED) is 0.381. The molecular weight excluding hydrogens is 409 g/mol. The molecule has 0 N–H and O–H groups in total. The molecule has 0 aliphatic carbocycles. The molecule has 2 atom stereocenters. The van der Waals surface area contributed by atoms with E-state index in [9.17, 15) is 22.8 Å². The molecule has 0 fully saturated rings. The summed E-state index contributed by atoms with van der Waals surface area (Å²) in [6, 6.07) is 22.2. The third kappa shape index (κ3) is 4.36. The van der Waals surface area contributed by atoms with Crippen molar-refractivity contribution in [3.8, 4) is 0 Å². The minimum Gasteiger partial charge on any atom is -0.446 e. The fraction of sp³-hybridized carbons (Fsp3) is 0.167. The number of carbonyl (C=O) groups excluding carboxylic acids is 2. The lowest BCUT2D eigenvalue weighted by Gasteiger charge is -2.33. The maximum atomic E-state index is 14.2. The highest BCUT2D eigenvalue weighted by atomic mass is 19.4. The van der Waals surface area contributed by atoms with Crippen molar-refractivity contribution >= 4 is 11.8 Å². The van der Waals surface area contributed by atoms with Gasteiger partial charge in [-0.1, -0.05) is 91.0 Å². The lowest BCUT2D eigenvalue weighted by atomic mass is 9.92. The average Bonchev–Trinajstić information content (AvgIpc) is 2.79. The van der Waals surface area contributed by atoms with Gasteiger partial charge in [0, 0.05) is 23.8 Å². The van der Waals surface area contributed by atoms with Crippen LogP contribution in [0.15, 0.2) is 91.0 Å². The number of carbonyl (C=O) groups is 2. The molecule has 31 heavy (non-hydrogen) atoms. The molecule has 0 spiro atoms. The highest BCUT2D eigenvalue weighted by Crippen LogP contribution is 2.44. The monoisotopic (exact) mass is 428 g/mol. The van der Waals surface area contributed by atoms with Crippen LogP contribution in [0, 0.1) is 0 Å². The summed E-state index contributed by atoms with van der Waals surface area (Å²) in [5.74, 6) is -2.38. The highest BCUT2D eigenvalue weighted by Gasteiger charge is 2.64. The number of methoxy groups -OCH3 is 1. The average molecular weight is 428 g/mol. The molecule has 0 heterocycles. The van der Waals surface area contributed by atoms with Gasteiger partial charge in [0.1, 0.15) is 0 Å². The van der Waals surface area contributed by atoms with E-state index in [1.807, 2.05) is 0 Å². The van der Waals surface area contributed by atoms with Gasteiger partial charge in [-0.2, -0.15) is 13.2 Å². The van der Waals surface area contributed by atoms with E-state index in [0.717, 1.165) is 19.2 Å². The minimum absolute atomic E-state index is 0.193. The van der Waals surface area contributed by atoms with Crippen molar-refractivity contribution in [1.82, 2.24) is 0 Å². The van der Waals surface area contributed by atoms with Crippen LogP contribution in [-0.2, 0) is 19.9 Å². The number of hydrogen-bond donors (Lipinski definition) is 0. The summed E-state index contributed by atoms with van der Waals surface area (Å²) in [5.41, 5.74) is -3.41. The predicted molar refractivity (Wildman–Crippen MR) is 107 cm³/mol. The van der Waals surface area contributed by atoms with Crippen LogP contribution in [0.1, 0.15) is 27.6 Å². The molecular formula is C24H19F3O4. The molecule has 4 nitrogen and oxygen atoms in total. The first-order chi connectivity index (χ1) is 14.8. The number of hydrogen-bond acceptors (Lipinski definition) is 4. The Labute approximate surface area is 177 Å². The maximum Gasteiger partial charge on any atom is 0.432 e. The molecule has 0 amide bonds. The molecule has 0 aliphatic rings. The Morgan fingerprint density at radius 3 is 1.74 bits per heavy atom. The molecule has 0 radical (unpaired) electrons. The van der Waals surface area contributed by atoms with E-state index in [4.69, 9.17) is 9.47 Å². The molecule has 160 valence electrons. The largest absolute Gasteiger partial charge is 0.446 e. The maximum absolute atomic E-state index is 14.2. The zero-order valence-electron chi connectivity index (χ0n) is 16.5. The Balaban J connectivity index is 2.07. The number of ketones is 1. The van der Waals surface area contributed by atoms with Gasteiger partial charge in [0.2, 0.25) is 5.78 Å². The van der Waals surface area contributed by atoms with Crippen LogP contribution in [0.5, 0.6) is 0 Å². The van der Waals surface area contributed by atoms with Crippen molar-refractivity contribution in [2.75, 3.05) is 7.11 Å². The number of Topliss-reactive ketones (excluding diaryl/α,β-unsaturated/α-hetero) is 1. The second kappa shape index (κ2) is 9.14. The molecule has 7 heteroatoms. The van der Waals surface area contributed by atoms with E-state index in [1.165, 1.54) is 42.5 Å². The van der Waals surface area contributed by atoms with Crippen molar-refractivity contribution < 1.29 is 32.2 Å². The van der Waals surface area contributed by atoms with Gasteiger partial charge in [-0.05, 0) is 0 Å². The third-order valence-corrected chi connectivity index (χ3v) is 4.80. The second-order valence-corrected chi connectivity index (χ2v) is 6.68. The van der Waals surface area contributed by atoms with Gasteiger partial charge in [-0.15, -0.1) is 0 Å². The summed E-state index contributed by atoms with van der Waals surface area (Å²) in [4.78, 5) is 26.1. The van der Waals surface area contributed by atoms with E-state index >= 15 is 0 Å². The second-order valence-electron chi connectivity index (χ2n) is 6.68. The zero-order chi connectivity index (χ0) is 22.5. The summed E-state index contributed by atoms with van der Waals surface area (Å²) in [6.07, 6.45) is -6.73. The van der Waals surface area contributed by atoms with E-state index in [0.29, 0.717) is 0 Å². The van der Waals surface area contributed by atoms with Gasteiger partial charge in [0.15, 0.2) is 6.10 Å². The van der Waals surface area contributed by atoms with Gasteiger partial charge in [0.05, 0.1) is 0 Å². The Morgan fingerprint density at radius 2 is 1.26 bits per heavy atom. The first-order valence-corrected chi connectivity index (χ1v) is 9.34. The summed E-state index contributed by atoms with van der Waals surface area (Å²) in [7, 11) is 0.776. The molecule has 3 aromatic rings. The minimum atomic E-state index is -5.14. The number of benzene rings is 3. The molecule has 0 aliphatic heterocycles. The number of ether oxygens (including phenoxy) is 2. The van der Waals surface area contributed by atoms with Crippen LogP contribution in [0.2, 0.25) is 0 Å². The fourth-order valence-corrected chi connectivity index (χ4v) is 3.23. The van der Waals surface area contributed by atoms with Crippen molar-refractivity contribution in [2.45, 2.75) is 17.9 Å². The Kier molecular flexibility index (Phi) is 6.56. The predicted octanol–water partition coefficient (Wildman–Crippen LogP) is 5.26. The SMILES string of the molecule is CO[C@](C(=O)OC(C(=O)c1ccccc1)c1ccccc1)(c1ccccc1)C(F)(F)F. The third-order valence-electron chi connectivity index (χ3n) is 4.80. The number of esters is 1. The number of halogens is 3. The zero-order valence-corrected chi connectivity index (χ0v) is 16.5. The topological polar surface area (TPSA) is 52.6 Å². The van der Waals surface area contributed by atoms with Gasteiger partial charge >= 0.3 is 12.1 Å². The van der Waals surface area contributed by atoms with Gasteiger partial charge in [-0.3, -0.25) is 4.79 Å². The summed E-state index contributed by atoms with van der Waals surface area (Å²) in [5, 5.41) is 0. The molecule has 3 aromatic carbocycles. The normalized spacial score (nSPS) is 14.3. The first-order valence-electron chi connectivity index (χ1n) is 9.34. The Bertz CT molecular complexity index is 1020. The highest BCUT2D eigenvalue weighted by molar-refractivity contribution is 6.01. The number of alkyl halides is 3. The lowest BCUT2D eigenvalue weighted by Crippen LogP contribution is -2.52. The molecule has 0 aromatic heterocycles. The first kappa shape index (κ1) is 22.2. The standard InChI is InChI=1S/C24H19F3O4/c1-30-23(24(25,26)27,19-15-9-4-10-16-19)22(29)31-21(18-13-7-3-8-14-18)20(28)17-11-5-2-6-12-17/h2-16,21H,1H3/t21?,23-/m0/s1. The van der Waals surface area contributed by atoms with Crippen LogP contribution in [0.4, 0.5) is 13.2 Å². The Morgan fingerprint density at radius 1 is 0.774 bits per heavy atom. The molecule has 0 bridgehead atoms. The van der Waals surface area contributed by atoms with Crippen LogP contribution in [0.3, 0.4) is 0 Å². The van der Waals surface area contributed by atoms with Crippen molar-refractivity contribution in [3.05, 3.63) is 108 Å². The molecule has 1 unspecified atom stereocenters. The van der Waals surface area contributed by atoms with Crippen LogP contribution in [0.25, 0.3) is 0 Å². The summed E-state index contributed by atoms with van der Waals surface area (Å²) < 4.78 is 52.6. The molecule has 0 saturated carbocycles. The molecule has 3 rings (SSSR count). The van der Waals surface area contributed by atoms with Gasteiger partial charge in [0.25, 0.3) is 5.60 Å². The smallest absolute Gasteiger partial charge is 0.432 e. The molecule has 0 saturated heterocycles. The van der Waals surface area contributed by atoms with Crippen molar-refractivity contribution in [1.29, 1.82) is 0 Å².